The van der Waals surface area contributed by atoms with Gasteiger partial charge in [-0.25, -0.2) is 0 Å². The molecular weight excluding hydrogens is 388 g/mol. The number of aliphatic hydroxyl groups excluding tert-OH is 1. The highest BCUT2D eigenvalue weighted by molar-refractivity contribution is 6.30. The van der Waals surface area contributed by atoms with Crippen molar-refractivity contribution in [2.75, 3.05) is 39.9 Å². The molecule has 0 aliphatic heterocycles. The highest BCUT2D eigenvalue weighted by Crippen LogP contribution is 2.28. The first-order valence-electron chi connectivity index (χ1n) is 10.2. The lowest BCUT2D eigenvalue weighted by Crippen LogP contribution is -2.35. The van der Waals surface area contributed by atoms with Crippen LogP contribution in [0, 0.1) is 0 Å². The van der Waals surface area contributed by atoms with Crippen LogP contribution in [-0.2, 0) is 13.0 Å². The first-order chi connectivity index (χ1) is 14.0. The van der Waals surface area contributed by atoms with Crippen LogP contribution in [0.5, 0.6) is 11.5 Å². The quantitative estimate of drug-likeness (QED) is 0.483. The molecule has 1 atom stereocenters. The van der Waals surface area contributed by atoms with Crippen LogP contribution < -0.4 is 14.8 Å². The van der Waals surface area contributed by atoms with Crippen molar-refractivity contribution in [3.63, 3.8) is 0 Å². The van der Waals surface area contributed by atoms with E-state index in [2.05, 4.69) is 30.1 Å². The summed E-state index contributed by atoms with van der Waals surface area (Å²) >= 11 is 6.03. The number of nitrogens with zero attached hydrogens (tertiary/aromatic N) is 1. The number of likely N-dealkylation sites (N-methyl/N-ethyl adjacent to an activating group) is 1. The summed E-state index contributed by atoms with van der Waals surface area (Å²) in [6.07, 6.45) is 0.372. The number of hydrogen-bond donors (Lipinski definition) is 2. The van der Waals surface area contributed by atoms with Crippen LogP contribution in [0.3, 0.4) is 0 Å². The molecule has 2 aromatic carbocycles. The Morgan fingerprint density at radius 2 is 1.86 bits per heavy atom. The largest absolute Gasteiger partial charge is 0.493 e. The van der Waals surface area contributed by atoms with Gasteiger partial charge in [0.25, 0.3) is 0 Å². The summed E-state index contributed by atoms with van der Waals surface area (Å²) in [6.45, 7) is 8.40. The van der Waals surface area contributed by atoms with Gasteiger partial charge in [0, 0.05) is 18.1 Å². The molecule has 2 N–H and O–H groups in total. The fourth-order valence-electron chi connectivity index (χ4n) is 3.12. The second kappa shape index (κ2) is 12.7. The second-order valence-corrected chi connectivity index (χ2v) is 7.43. The fourth-order valence-corrected chi connectivity index (χ4v) is 3.33. The summed E-state index contributed by atoms with van der Waals surface area (Å²) in [7, 11) is 1.62. The van der Waals surface area contributed by atoms with Crippen LogP contribution in [0.2, 0.25) is 5.02 Å². The Hall–Kier alpha value is -1.79. The minimum Gasteiger partial charge on any atom is -0.493 e. The topological polar surface area (TPSA) is 54.0 Å². The molecule has 6 heteroatoms. The molecule has 0 saturated carbocycles. The molecule has 29 heavy (non-hydrogen) atoms. The predicted octanol–water partition coefficient (Wildman–Crippen LogP) is 3.76. The minimum atomic E-state index is -0.543. The Labute approximate surface area is 179 Å². The van der Waals surface area contributed by atoms with E-state index < -0.39 is 6.10 Å². The van der Waals surface area contributed by atoms with Crippen molar-refractivity contribution < 1.29 is 14.6 Å². The third-order valence-corrected chi connectivity index (χ3v) is 5.07. The first kappa shape index (κ1) is 23.5. The third kappa shape index (κ3) is 8.23. The molecule has 0 fully saturated rings. The number of methoxy groups -OCH3 is 1. The maximum atomic E-state index is 10.2. The van der Waals surface area contributed by atoms with Gasteiger partial charge < -0.3 is 24.8 Å². The van der Waals surface area contributed by atoms with Crippen molar-refractivity contribution in [2.45, 2.75) is 32.9 Å². The third-order valence-electron chi connectivity index (χ3n) is 4.83. The van der Waals surface area contributed by atoms with E-state index in [0.29, 0.717) is 18.0 Å². The average Bonchev–Trinajstić information content (AvgIpc) is 2.73. The Bertz CT molecular complexity index is 738. The van der Waals surface area contributed by atoms with Crippen LogP contribution in [0.4, 0.5) is 0 Å². The van der Waals surface area contributed by atoms with Crippen LogP contribution in [-0.4, -0.2) is 56.0 Å². The maximum Gasteiger partial charge on any atom is 0.161 e. The van der Waals surface area contributed by atoms with Gasteiger partial charge in [0.1, 0.15) is 12.7 Å². The summed E-state index contributed by atoms with van der Waals surface area (Å²) in [5, 5.41) is 14.5. The molecule has 0 radical (unpaired) electrons. The molecule has 1 unspecified atom stereocenters. The van der Waals surface area contributed by atoms with E-state index in [9.17, 15) is 5.11 Å². The zero-order valence-electron chi connectivity index (χ0n) is 17.7. The molecule has 0 saturated heterocycles. The van der Waals surface area contributed by atoms with Gasteiger partial charge in [-0.1, -0.05) is 43.6 Å². The van der Waals surface area contributed by atoms with Gasteiger partial charge >= 0.3 is 0 Å². The van der Waals surface area contributed by atoms with Crippen molar-refractivity contribution in [2.24, 2.45) is 0 Å². The fraction of sp³-hybridized carbons (Fsp3) is 0.478. The normalized spacial score (nSPS) is 12.2. The maximum absolute atomic E-state index is 10.2. The van der Waals surface area contributed by atoms with Gasteiger partial charge in [0.05, 0.1) is 7.11 Å². The van der Waals surface area contributed by atoms with Gasteiger partial charge in [0.2, 0.25) is 0 Å². The first-order valence-corrected chi connectivity index (χ1v) is 10.6. The Balaban J connectivity index is 1.85. The number of benzene rings is 2. The van der Waals surface area contributed by atoms with Gasteiger partial charge in [-0.15, -0.1) is 0 Å². The zero-order valence-corrected chi connectivity index (χ0v) is 18.4. The van der Waals surface area contributed by atoms with Crippen molar-refractivity contribution in [3.8, 4) is 11.5 Å². The van der Waals surface area contributed by atoms with Crippen LogP contribution in [0.25, 0.3) is 0 Å². The van der Waals surface area contributed by atoms with Crippen LogP contribution in [0.15, 0.2) is 42.5 Å². The molecule has 0 spiro atoms. The Kier molecular flexibility index (Phi) is 10.3. The second-order valence-electron chi connectivity index (χ2n) is 6.99. The molecule has 0 aromatic heterocycles. The van der Waals surface area contributed by atoms with Crippen LogP contribution >= 0.6 is 11.6 Å². The van der Waals surface area contributed by atoms with E-state index >= 15 is 0 Å². The highest BCUT2D eigenvalue weighted by atomic mass is 35.5. The molecule has 0 aliphatic carbocycles. The minimum absolute atomic E-state index is 0.235. The summed E-state index contributed by atoms with van der Waals surface area (Å²) in [5.74, 6) is 1.32. The molecule has 0 bridgehead atoms. The summed E-state index contributed by atoms with van der Waals surface area (Å²) < 4.78 is 11.3. The van der Waals surface area contributed by atoms with Crippen molar-refractivity contribution >= 4 is 11.6 Å². The van der Waals surface area contributed by atoms with Gasteiger partial charge in [-0.2, -0.15) is 0 Å². The van der Waals surface area contributed by atoms with Crippen LogP contribution in [0.1, 0.15) is 25.0 Å². The lowest BCUT2D eigenvalue weighted by molar-refractivity contribution is 0.0705. The standard InChI is InChI=1S/C23H33ClN2O3/c1-4-26(5-2)16-21(27)17-29-23-14-19(9-10-22(23)28-3)15-25-12-11-18-7-6-8-20(24)13-18/h6-10,13-14,21,25,27H,4-5,11-12,15-17H2,1-3H3. The summed E-state index contributed by atoms with van der Waals surface area (Å²) in [6, 6.07) is 13.8. The van der Waals surface area contributed by atoms with Gasteiger partial charge in [-0.05, 0) is 61.4 Å². The number of hydrogen-bond acceptors (Lipinski definition) is 5. The average molecular weight is 421 g/mol. The van der Waals surface area contributed by atoms with Crippen molar-refractivity contribution in [3.05, 3.63) is 58.6 Å². The Morgan fingerprint density at radius 3 is 2.55 bits per heavy atom. The van der Waals surface area contributed by atoms with Crippen molar-refractivity contribution in [1.82, 2.24) is 10.2 Å². The summed E-state index contributed by atoms with van der Waals surface area (Å²) in [4.78, 5) is 2.17. The lowest BCUT2D eigenvalue weighted by atomic mass is 10.1. The number of halogens is 1. The van der Waals surface area contributed by atoms with Gasteiger partial charge in [-0.3, -0.25) is 0 Å². The number of aliphatic hydroxyl groups is 1. The Morgan fingerprint density at radius 1 is 1.07 bits per heavy atom. The predicted molar refractivity (Wildman–Crippen MR) is 119 cm³/mol. The molecule has 5 nitrogen and oxygen atoms in total. The van der Waals surface area contributed by atoms with E-state index in [-0.39, 0.29) is 6.61 Å². The number of nitrogens with one attached hydrogen (secondary N) is 1. The van der Waals surface area contributed by atoms with E-state index in [1.54, 1.807) is 7.11 Å². The van der Waals surface area contributed by atoms with E-state index in [0.717, 1.165) is 43.2 Å². The highest BCUT2D eigenvalue weighted by Gasteiger charge is 2.12. The monoisotopic (exact) mass is 420 g/mol. The molecule has 0 aliphatic rings. The van der Waals surface area contributed by atoms with E-state index in [1.807, 2.05) is 36.4 Å². The van der Waals surface area contributed by atoms with Crippen molar-refractivity contribution in [1.29, 1.82) is 0 Å². The zero-order chi connectivity index (χ0) is 21.1. The molecule has 2 rings (SSSR count). The molecular formula is C23H33ClN2O3. The smallest absolute Gasteiger partial charge is 0.161 e. The molecule has 0 amide bonds. The van der Waals surface area contributed by atoms with E-state index in [4.69, 9.17) is 21.1 Å². The lowest BCUT2D eigenvalue weighted by Gasteiger charge is -2.22. The van der Waals surface area contributed by atoms with Gasteiger partial charge in [0.15, 0.2) is 11.5 Å². The number of ether oxygens (including phenoxy) is 2. The summed E-state index contributed by atoms with van der Waals surface area (Å²) in [5.41, 5.74) is 2.32. The molecule has 0 heterocycles. The molecule has 2 aromatic rings. The van der Waals surface area contributed by atoms with E-state index in [1.165, 1.54) is 5.56 Å². The SMILES string of the molecule is CCN(CC)CC(O)COc1cc(CNCCc2cccc(Cl)c2)ccc1OC. The molecule has 160 valence electrons. The number of rotatable bonds is 13.